The normalized spacial score (nSPS) is 14.9. The molecule has 0 radical (unpaired) electrons. The van der Waals surface area contributed by atoms with Crippen molar-refractivity contribution in [2.75, 3.05) is 11.4 Å². The zero-order valence-electron chi connectivity index (χ0n) is 13.8. The van der Waals surface area contributed by atoms with Crippen LogP contribution < -0.4 is 9.62 Å². The molecule has 0 unspecified atom stereocenters. The second-order valence-electron chi connectivity index (χ2n) is 5.89. The zero-order chi connectivity index (χ0) is 18.7. The van der Waals surface area contributed by atoms with Crippen LogP contribution in [-0.2, 0) is 26.0 Å². The molecule has 0 spiro atoms. The summed E-state index contributed by atoms with van der Waals surface area (Å²) < 4.78 is 27.3. The molecule has 2 aromatic rings. The van der Waals surface area contributed by atoms with E-state index in [0.29, 0.717) is 17.1 Å². The number of carbonyl (C=O) groups excluding carboxylic acids is 2. The van der Waals surface area contributed by atoms with Crippen molar-refractivity contribution in [3.05, 3.63) is 59.1 Å². The van der Waals surface area contributed by atoms with E-state index in [2.05, 4.69) is 4.72 Å². The molecule has 1 fully saturated rings. The number of amides is 2. The van der Waals surface area contributed by atoms with Crippen LogP contribution in [0.2, 0.25) is 5.02 Å². The van der Waals surface area contributed by atoms with E-state index >= 15 is 0 Å². The Labute approximate surface area is 156 Å². The molecule has 26 heavy (non-hydrogen) atoms. The number of sulfonamides is 1. The van der Waals surface area contributed by atoms with Gasteiger partial charge in [0.15, 0.2) is 0 Å². The maximum atomic E-state index is 12.4. The molecule has 1 N–H and O–H groups in total. The number of rotatable bonds is 6. The van der Waals surface area contributed by atoms with E-state index in [4.69, 9.17) is 11.6 Å². The minimum atomic E-state index is -3.67. The van der Waals surface area contributed by atoms with Gasteiger partial charge < -0.3 is 0 Å². The van der Waals surface area contributed by atoms with Crippen molar-refractivity contribution < 1.29 is 18.0 Å². The van der Waals surface area contributed by atoms with Crippen molar-refractivity contribution in [3.63, 3.8) is 0 Å². The highest BCUT2D eigenvalue weighted by atomic mass is 35.5. The van der Waals surface area contributed by atoms with Gasteiger partial charge in [0.05, 0.1) is 10.6 Å². The predicted octanol–water partition coefficient (Wildman–Crippen LogP) is 2.51. The Bertz CT molecular complexity index is 909. The highest BCUT2D eigenvalue weighted by molar-refractivity contribution is 7.89. The van der Waals surface area contributed by atoms with E-state index in [-0.39, 0.29) is 36.1 Å². The van der Waals surface area contributed by atoms with Crippen molar-refractivity contribution in [2.24, 2.45) is 0 Å². The Kier molecular flexibility index (Phi) is 5.41. The third-order valence-electron chi connectivity index (χ3n) is 4.08. The molecule has 6 nitrogen and oxygen atoms in total. The Balaban J connectivity index is 1.64. The number of benzene rings is 2. The largest absolute Gasteiger partial charge is 0.274 e. The number of nitrogens with one attached hydrogen (secondary N) is 1. The molecule has 2 amide bonds. The molecule has 1 heterocycles. The lowest BCUT2D eigenvalue weighted by atomic mass is 10.2. The van der Waals surface area contributed by atoms with Gasteiger partial charge in [0.1, 0.15) is 0 Å². The predicted molar refractivity (Wildman–Crippen MR) is 98.5 cm³/mol. The molecule has 2 aromatic carbocycles. The monoisotopic (exact) mass is 392 g/mol. The molecule has 0 aromatic heterocycles. The van der Waals surface area contributed by atoms with E-state index in [1.165, 1.54) is 24.3 Å². The van der Waals surface area contributed by atoms with E-state index in [1.807, 2.05) is 12.1 Å². The summed E-state index contributed by atoms with van der Waals surface area (Å²) in [4.78, 5) is 24.6. The highest BCUT2D eigenvalue weighted by Crippen LogP contribution is 2.23. The molecule has 0 bridgehead atoms. The van der Waals surface area contributed by atoms with Crippen LogP contribution in [0.15, 0.2) is 53.4 Å². The van der Waals surface area contributed by atoms with Crippen LogP contribution in [-0.4, -0.2) is 26.8 Å². The molecule has 0 atom stereocenters. The van der Waals surface area contributed by atoms with Crippen molar-refractivity contribution in [1.82, 2.24) is 4.72 Å². The van der Waals surface area contributed by atoms with Gasteiger partial charge in [-0.25, -0.2) is 13.1 Å². The fraction of sp³-hybridized carbons (Fsp3) is 0.222. The Morgan fingerprint density at radius 3 is 2.08 bits per heavy atom. The highest BCUT2D eigenvalue weighted by Gasteiger charge is 2.30. The van der Waals surface area contributed by atoms with Gasteiger partial charge >= 0.3 is 0 Å². The van der Waals surface area contributed by atoms with Crippen molar-refractivity contribution in [2.45, 2.75) is 24.2 Å². The van der Waals surface area contributed by atoms with Crippen LogP contribution in [0.3, 0.4) is 0 Å². The summed E-state index contributed by atoms with van der Waals surface area (Å²) in [5, 5.41) is 0.629. The lowest BCUT2D eigenvalue weighted by molar-refractivity contribution is -0.121. The third-order valence-corrected chi connectivity index (χ3v) is 5.80. The van der Waals surface area contributed by atoms with Gasteiger partial charge in [-0.05, 0) is 48.4 Å². The first-order chi connectivity index (χ1) is 12.4. The number of halogens is 1. The van der Waals surface area contributed by atoms with Crippen LogP contribution in [0.1, 0.15) is 18.4 Å². The summed E-state index contributed by atoms with van der Waals surface area (Å²) in [5.41, 5.74) is 1.36. The number of hydrogen-bond acceptors (Lipinski definition) is 4. The van der Waals surface area contributed by atoms with Crippen molar-refractivity contribution >= 4 is 39.1 Å². The number of carbonyl (C=O) groups is 2. The van der Waals surface area contributed by atoms with Crippen molar-refractivity contribution in [1.29, 1.82) is 0 Å². The number of imide groups is 1. The summed E-state index contributed by atoms with van der Waals surface area (Å²) in [6, 6.07) is 12.9. The van der Waals surface area contributed by atoms with E-state index in [1.54, 1.807) is 12.1 Å². The van der Waals surface area contributed by atoms with Gasteiger partial charge in [0, 0.05) is 24.4 Å². The first-order valence-electron chi connectivity index (χ1n) is 8.07. The van der Waals surface area contributed by atoms with Crippen molar-refractivity contribution in [3.8, 4) is 0 Å². The van der Waals surface area contributed by atoms with Gasteiger partial charge in [-0.2, -0.15) is 0 Å². The number of anilines is 1. The quantitative estimate of drug-likeness (QED) is 0.765. The molecule has 3 rings (SSSR count). The van der Waals surface area contributed by atoms with Gasteiger partial charge in [-0.1, -0.05) is 23.7 Å². The fourth-order valence-electron chi connectivity index (χ4n) is 2.70. The van der Waals surface area contributed by atoms with Gasteiger partial charge in [-0.15, -0.1) is 0 Å². The molecule has 1 saturated heterocycles. The summed E-state index contributed by atoms with van der Waals surface area (Å²) in [7, 11) is -3.67. The SMILES string of the molecule is O=C1CCC(=O)N1c1ccc(S(=O)(=O)NCCc2ccc(Cl)cc2)cc1. The molecular formula is C18H17ClN2O4S. The molecule has 0 aliphatic carbocycles. The Morgan fingerprint density at radius 2 is 1.50 bits per heavy atom. The van der Waals surface area contributed by atoms with Crippen LogP contribution in [0.25, 0.3) is 0 Å². The van der Waals surface area contributed by atoms with E-state index in [9.17, 15) is 18.0 Å². The standard InChI is InChI=1S/C18H17ClN2O4S/c19-14-3-1-13(2-4-14)11-12-20-26(24,25)16-7-5-15(6-8-16)21-17(22)9-10-18(21)23/h1-8,20H,9-12H2. The zero-order valence-corrected chi connectivity index (χ0v) is 15.4. The minimum absolute atomic E-state index is 0.0800. The molecule has 136 valence electrons. The molecule has 1 aliphatic heterocycles. The van der Waals surface area contributed by atoms with Gasteiger partial charge in [0.25, 0.3) is 0 Å². The first kappa shape index (κ1) is 18.6. The molecule has 1 aliphatic rings. The third kappa shape index (κ3) is 4.12. The number of hydrogen-bond donors (Lipinski definition) is 1. The molecular weight excluding hydrogens is 376 g/mol. The number of nitrogens with zero attached hydrogens (tertiary/aromatic N) is 1. The smallest absolute Gasteiger partial charge is 0.240 e. The maximum Gasteiger partial charge on any atom is 0.240 e. The lowest BCUT2D eigenvalue weighted by Gasteiger charge is -2.14. The Morgan fingerprint density at radius 1 is 0.923 bits per heavy atom. The van der Waals surface area contributed by atoms with E-state index < -0.39 is 10.0 Å². The summed E-state index contributed by atoms with van der Waals surface area (Å²) in [6.07, 6.45) is 0.904. The summed E-state index contributed by atoms with van der Waals surface area (Å²) in [6.45, 7) is 0.245. The first-order valence-corrected chi connectivity index (χ1v) is 9.93. The van der Waals surface area contributed by atoms with Crippen LogP contribution >= 0.6 is 11.6 Å². The van der Waals surface area contributed by atoms with Gasteiger partial charge in [0.2, 0.25) is 21.8 Å². The van der Waals surface area contributed by atoms with Crippen LogP contribution in [0.5, 0.6) is 0 Å². The van der Waals surface area contributed by atoms with E-state index in [0.717, 1.165) is 10.5 Å². The fourth-order valence-corrected chi connectivity index (χ4v) is 3.86. The van der Waals surface area contributed by atoms with Gasteiger partial charge in [-0.3, -0.25) is 14.5 Å². The van der Waals surface area contributed by atoms with Crippen LogP contribution in [0.4, 0.5) is 5.69 Å². The average Bonchev–Trinajstić information content (AvgIpc) is 2.95. The second kappa shape index (κ2) is 7.57. The lowest BCUT2D eigenvalue weighted by Crippen LogP contribution is -2.29. The minimum Gasteiger partial charge on any atom is -0.274 e. The summed E-state index contributed by atoms with van der Waals surface area (Å²) >= 11 is 5.82. The second-order valence-corrected chi connectivity index (χ2v) is 8.09. The topological polar surface area (TPSA) is 83.6 Å². The summed E-state index contributed by atoms with van der Waals surface area (Å²) in [5.74, 6) is -0.543. The maximum absolute atomic E-state index is 12.4. The van der Waals surface area contributed by atoms with Crippen LogP contribution in [0, 0.1) is 0 Å². The Hall–Kier alpha value is -2.22. The molecule has 0 saturated carbocycles. The average molecular weight is 393 g/mol. The molecule has 8 heteroatoms.